The molecule has 2 aromatic carbocycles. The van der Waals surface area contributed by atoms with Gasteiger partial charge in [0.15, 0.2) is 7.85 Å². The van der Waals surface area contributed by atoms with Crippen molar-refractivity contribution in [3.8, 4) is 5.69 Å². The molecule has 4 aromatic rings. The first-order valence-electron chi connectivity index (χ1n) is 8.32. The van der Waals surface area contributed by atoms with Crippen LogP contribution in [0.3, 0.4) is 0 Å². The fraction of sp³-hybridized carbons (Fsp3) is 0.105. The van der Waals surface area contributed by atoms with Crippen LogP contribution in [0.25, 0.3) is 16.7 Å². The van der Waals surface area contributed by atoms with Crippen molar-refractivity contribution >= 4 is 24.5 Å². The molecule has 26 heavy (non-hydrogen) atoms. The lowest BCUT2D eigenvalue weighted by Crippen LogP contribution is -2.15. The summed E-state index contributed by atoms with van der Waals surface area (Å²) in [4.78, 5) is 4.62. The molecule has 0 unspecified atom stereocenters. The van der Waals surface area contributed by atoms with Gasteiger partial charge in [0.1, 0.15) is 17.2 Å². The average molecular weight is 348 g/mol. The van der Waals surface area contributed by atoms with Crippen LogP contribution < -0.4 is 5.59 Å². The second-order valence-corrected chi connectivity index (χ2v) is 6.19. The number of fused-ring (bicyclic) bond motifs is 1. The van der Waals surface area contributed by atoms with Crippen molar-refractivity contribution in [3.05, 3.63) is 77.5 Å². The second kappa shape index (κ2) is 6.67. The van der Waals surface area contributed by atoms with E-state index >= 15 is 0 Å². The van der Waals surface area contributed by atoms with Gasteiger partial charge < -0.3 is 0 Å². The Hall–Kier alpha value is -3.09. The maximum absolute atomic E-state index is 13.4. The predicted molar refractivity (Wildman–Crippen MR) is 98.6 cm³/mol. The molecule has 2 aromatic heterocycles. The number of aromatic nitrogens is 4. The lowest BCUT2D eigenvalue weighted by atomic mass is 10.0. The first-order chi connectivity index (χ1) is 12.6. The van der Waals surface area contributed by atoms with Gasteiger partial charge in [0.25, 0.3) is 0 Å². The zero-order chi connectivity index (χ0) is 18.1. The fourth-order valence-electron chi connectivity index (χ4n) is 3.04. The van der Waals surface area contributed by atoms with Gasteiger partial charge in [0.2, 0.25) is 0 Å². The van der Waals surface area contributed by atoms with E-state index < -0.39 is 11.6 Å². The van der Waals surface area contributed by atoms with Gasteiger partial charge in [-0.1, -0.05) is 17.3 Å². The van der Waals surface area contributed by atoms with E-state index in [1.165, 1.54) is 12.1 Å². The standard InChI is InChI=1S/C19H15BF2N4/c20-19-8-7-18(26-17-4-2-1-3-16(17)24-25-26)15(23-19)6-5-12-9-13(21)11-14(22)10-12/h1-4,7-11H,5-6,20H2. The van der Waals surface area contributed by atoms with E-state index in [0.717, 1.165) is 34.1 Å². The Kier molecular flexibility index (Phi) is 4.20. The summed E-state index contributed by atoms with van der Waals surface area (Å²) in [6.07, 6.45) is 1.01. The van der Waals surface area contributed by atoms with Gasteiger partial charge in [-0.25, -0.2) is 13.5 Å². The normalized spacial score (nSPS) is 11.2. The Labute approximate surface area is 149 Å². The quantitative estimate of drug-likeness (QED) is 0.531. The van der Waals surface area contributed by atoms with Gasteiger partial charge in [-0.2, -0.15) is 0 Å². The zero-order valence-corrected chi connectivity index (χ0v) is 14.2. The van der Waals surface area contributed by atoms with Crippen LogP contribution in [0.1, 0.15) is 11.3 Å². The fourth-order valence-corrected chi connectivity index (χ4v) is 3.04. The Morgan fingerprint density at radius 2 is 1.69 bits per heavy atom. The van der Waals surface area contributed by atoms with Gasteiger partial charge in [-0.15, -0.1) is 5.10 Å². The summed E-state index contributed by atoms with van der Waals surface area (Å²) < 4.78 is 28.6. The van der Waals surface area contributed by atoms with Crippen LogP contribution in [0.15, 0.2) is 54.6 Å². The van der Waals surface area contributed by atoms with Crippen molar-refractivity contribution in [2.75, 3.05) is 0 Å². The molecule has 0 amide bonds. The Bertz CT molecular complexity index is 1070. The molecule has 0 N–H and O–H groups in total. The number of benzene rings is 2. The number of para-hydroxylation sites is 1. The number of aryl methyl sites for hydroxylation is 2. The van der Waals surface area contributed by atoms with Crippen LogP contribution in [0.4, 0.5) is 8.78 Å². The van der Waals surface area contributed by atoms with Crippen LogP contribution >= 0.6 is 0 Å². The summed E-state index contributed by atoms with van der Waals surface area (Å²) in [5.74, 6) is -1.14. The molecule has 0 saturated heterocycles. The molecule has 4 rings (SSSR count). The van der Waals surface area contributed by atoms with E-state index in [9.17, 15) is 8.78 Å². The monoisotopic (exact) mass is 348 g/mol. The molecular formula is C19H15BF2N4. The molecule has 0 aliphatic heterocycles. The molecule has 0 fully saturated rings. The van der Waals surface area contributed by atoms with Gasteiger partial charge in [-0.3, -0.25) is 4.98 Å². The Balaban J connectivity index is 1.71. The Morgan fingerprint density at radius 3 is 2.50 bits per heavy atom. The maximum atomic E-state index is 13.4. The summed E-state index contributed by atoms with van der Waals surface area (Å²) in [6, 6.07) is 15.1. The van der Waals surface area contributed by atoms with Gasteiger partial charge >= 0.3 is 0 Å². The maximum Gasteiger partial charge on any atom is 0.163 e. The largest absolute Gasteiger partial charge is 0.266 e. The minimum atomic E-state index is -0.570. The van der Waals surface area contributed by atoms with Gasteiger partial charge in [-0.05, 0) is 60.4 Å². The molecule has 0 bridgehead atoms. The van der Waals surface area contributed by atoms with Crippen molar-refractivity contribution in [2.24, 2.45) is 0 Å². The van der Waals surface area contributed by atoms with E-state index in [1.807, 2.05) is 44.2 Å². The second-order valence-electron chi connectivity index (χ2n) is 6.19. The van der Waals surface area contributed by atoms with Crippen molar-refractivity contribution < 1.29 is 8.78 Å². The molecule has 0 spiro atoms. The SMILES string of the molecule is Bc1ccc(-n2nnc3ccccc32)c(CCc2cc(F)cc(F)c2)n1. The number of pyridine rings is 1. The molecule has 128 valence electrons. The highest BCUT2D eigenvalue weighted by Crippen LogP contribution is 2.19. The summed E-state index contributed by atoms with van der Waals surface area (Å²) in [6.45, 7) is 0. The lowest BCUT2D eigenvalue weighted by Gasteiger charge is -2.11. The third-order valence-corrected chi connectivity index (χ3v) is 4.24. The van der Waals surface area contributed by atoms with Gasteiger partial charge in [0, 0.05) is 6.07 Å². The van der Waals surface area contributed by atoms with E-state index in [0.29, 0.717) is 18.4 Å². The smallest absolute Gasteiger partial charge is 0.163 e. The van der Waals surface area contributed by atoms with Crippen molar-refractivity contribution in [2.45, 2.75) is 12.8 Å². The summed E-state index contributed by atoms with van der Waals surface area (Å²) in [5, 5.41) is 8.43. The number of hydrogen-bond acceptors (Lipinski definition) is 3. The van der Waals surface area contributed by atoms with Crippen LogP contribution in [0.2, 0.25) is 0 Å². The van der Waals surface area contributed by atoms with E-state index in [4.69, 9.17) is 0 Å². The minimum Gasteiger partial charge on any atom is -0.266 e. The summed E-state index contributed by atoms with van der Waals surface area (Å²) in [7, 11) is 1.91. The topological polar surface area (TPSA) is 43.6 Å². The highest BCUT2D eigenvalue weighted by Gasteiger charge is 2.12. The molecule has 7 heteroatoms. The van der Waals surface area contributed by atoms with Crippen molar-refractivity contribution in [1.29, 1.82) is 0 Å². The molecule has 0 atom stereocenters. The molecule has 0 radical (unpaired) electrons. The van der Waals surface area contributed by atoms with Crippen LogP contribution in [0, 0.1) is 11.6 Å². The first-order valence-corrected chi connectivity index (χ1v) is 8.32. The molecular weight excluding hydrogens is 333 g/mol. The van der Waals surface area contributed by atoms with E-state index in [2.05, 4.69) is 15.3 Å². The minimum absolute atomic E-state index is 0.477. The summed E-state index contributed by atoms with van der Waals surface area (Å²) in [5.41, 5.74) is 4.78. The van der Waals surface area contributed by atoms with E-state index in [1.54, 1.807) is 4.68 Å². The molecule has 0 saturated carbocycles. The zero-order valence-electron chi connectivity index (χ0n) is 14.2. The summed E-state index contributed by atoms with van der Waals surface area (Å²) >= 11 is 0. The third kappa shape index (κ3) is 3.20. The molecule has 2 heterocycles. The average Bonchev–Trinajstić information content (AvgIpc) is 3.03. The Morgan fingerprint density at radius 1 is 0.923 bits per heavy atom. The molecule has 0 aliphatic rings. The van der Waals surface area contributed by atoms with Crippen molar-refractivity contribution in [3.63, 3.8) is 0 Å². The number of halogens is 2. The molecule has 4 nitrogen and oxygen atoms in total. The number of rotatable bonds is 4. The highest BCUT2D eigenvalue weighted by molar-refractivity contribution is 6.30. The van der Waals surface area contributed by atoms with Crippen LogP contribution in [-0.4, -0.2) is 27.8 Å². The first kappa shape index (κ1) is 16.4. The predicted octanol–water partition coefficient (Wildman–Crippen LogP) is 2.14. The highest BCUT2D eigenvalue weighted by atomic mass is 19.1. The van der Waals surface area contributed by atoms with Gasteiger partial charge in [0.05, 0.1) is 16.9 Å². The van der Waals surface area contributed by atoms with Crippen LogP contribution in [-0.2, 0) is 12.8 Å². The lowest BCUT2D eigenvalue weighted by molar-refractivity contribution is 0.579. The van der Waals surface area contributed by atoms with E-state index in [-0.39, 0.29) is 0 Å². The third-order valence-electron chi connectivity index (χ3n) is 4.24. The number of nitrogens with zero attached hydrogens (tertiary/aromatic N) is 4. The number of hydrogen-bond donors (Lipinski definition) is 0. The molecule has 0 aliphatic carbocycles. The van der Waals surface area contributed by atoms with Crippen molar-refractivity contribution in [1.82, 2.24) is 20.0 Å². The van der Waals surface area contributed by atoms with Crippen LogP contribution in [0.5, 0.6) is 0 Å².